The first-order valence-electron chi connectivity index (χ1n) is 8.54. The molecule has 0 radical (unpaired) electrons. The number of halogens is 2. The van der Waals surface area contributed by atoms with Gasteiger partial charge in [0.25, 0.3) is 5.91 Å². The molecule has 0 N–H and O–H groups in total. The maximum atomic E-state index is 13.3. The molecule has 0 spiro atoms. The minimum absolute atomic E-state index is 0. The van der Waals surface area contributed by atoms with Crippen LogP contribution in [-0.4, -0.2) is 43.0 Å². The first-order chi connectivity index (χ1) is 12.5. The van der Waals surface area contributed by atoms with Crippen LogP contribution < -0.4 is 4.90 Å². The predicted octanol–water partition coefficient (Wildman–Crippen LogP) is 5.23. The smallest absolute Gasteiger partial charge is 0.261 e. The van der Waals surface area contributed by atoms with Crippen LogP contribution in [0.2, 0.25) is 0 Å². The molecular weight excluding hydrogens is 493 g/mol. The highest BCUT2D eigenvalue weighted by molar-refractivity contribution is 14.1. The summed E-state index contributed by atoms with van der Waals surface area (Å²) >= 11 is 3.81. The van der Waals surface area contributed by atoms with Gasteiger partial charge in [-0.2, -0.15) is 0 Å². The fraction of sp³-hybridized carbons (Fsp3) is 0.300. The maximum Gasteiger partial charge on any atom is 0.261 e. The van der Waals surface area contributed by atoms with Crippen LogP contribution in [0, 0.1) is 10.5 Å². The highest BCUT2D eigenvalue weighted by Gasteiger charge is 2.22. The Morgan fingerprint density at radius 1 is 1.15 bits per heavy atom. The number of carbonyl (C=O) groups is 1. The Bertz CT molecular complexity index is 928. The van der Waals surface area contributed by atoms with Gasteiger partial charge in [-0.1, -0.05) is 29.5 Å². The fourth-order valence-electron chi connectivity index (χ4n) is 2.74. The Kier molecular flexibility index (Phi) is 8.03. The lowest BCUT2D eigenvalue weighted by Crippen LogP contribution is -2.33. The first-order valence-corrected chi connectivity index (χ1v) is 10.4. The lowest BCUT2D eigenvalue weighted by Gasteiger charge is -2.21. The van der Waals surface area contributed by atoms with Gasteiger partial charge >= 0.3 is 0 Å². The van der Waals surface area contributed by atoms with E-state index in [4.69, 9.17) is 4.98 Å². The van der Waals surface area contributed by atoms with E-state index in [1.54, 1.807) is 11.3 Å². The molecule has 2 aromatic carbocycles. The Balaban J connectivity index is 0.00000261. The van der Waals surface area contributed by atoms with E-state index in [0.29, 0.717) is 6.54 Å². The van der Waals surface area contributed by atoms with Crippen molar-refractivity contribution in [3.05, 3.63) is 57.2 Å². The molecule has 0 aliphatic carbocycles. The van der Waals surface area contributed by atoms with Gasteiger partial charge in [0.05, 0.1) is 15.8 Å². The minimum atomic E-state index is 0. The number of hydrogen-bond donors (Lipinski definition) is 0. The molecule has 144 valence electrons. The molecule has 0 bridgehead atoms. The average molecular weight is 516 g/mol. The number of anilines is 1. The monoisotopic (exact) mass is 515 g/mol. The van der Waals surface area contributed by atoms with Crippen molar-refractivity contribution in [2.24, 2.45) is 0 Å². The number of amides is 1. The Hall–Kier alpha value is -1.22. The lowest BCUT2D eigenvalue weighted by molar-refractivity contribution is 0.0985. The van der Waals surface area contributed by atoms with Crippen molar-refractivity contribution in [1.82, 2.24) is 9.88 Å². The lowest BCUT2D eigenvalue weighted by atomic mass is 10.2. The molecule has 1 aromatic heterocycles. The van der Waals surface area contributed by atoms with Gasteiger partial charge in [0.15, 0.2) is 5.13 Å². The van der Waals surface area contributed by atoms with Gasteiger partial charge in [0.2, 0.25) is 0 Å². The van der Waals surface area contributed by atoms with Crippen molar-refractivity contribution in [3.63, 3.8) is 0 Å². The summed E-state index contributed by atoms with van der Waals surface area (Å²) in [6.07, 6.45) is 0.900. The van der Waals surface area contributed by atoms with E-state index in [1.165, 1.54) is 5.56 Å². The summed E-state index contributed by atoms with van der Waals surface area (Å²) in [5, 5.41) is 0.772. The standard InChI is InChI=1S/C20H22IN3OS.ClH/c1-14-9-10-17-18(13-14)26-20(22-17)24(12-6-11-23(2)3)19(25)15-7-4-5-8-16(15)21;/h4-5,7-10,13H,6,11-12H2,1-3H3;1H. The molecule has 0 saturated heterocycles. The number of aromatic nitrogens is 1. The van der Waals surface area contributed by atoms with E-state index >= 15 is 0 Å². The molecule has 0 aliphatic heterocycles. The number of fused-ring (bicyclic) bond motifs is 1. The van der Waals surface area contributed by atoms with Crippen molar-refractivity contribution >= 4 is 67.6 Å². The van der Waals surface area contributed by atoms with Crippen LogP contribution in [0.5, 0.6) is 0 Å². The topological polar surface area (TPSA) is 36.4 Å². The molecule has 0 fully saturated rings. The minimum Gasteiger partial charge on any atom is -0.309 e. The zero-order chi connectivity index (χ0) is 18.7. The van der Waals surface area contributed by atoms with Crippen molar-refractivity contribution in [2.75, 3.05) is 32.1 Å². The van der Waals surface area contributed by atoms with Gasteiger partial charge in [-0.05, 0) is 86.4 Å². The molecule has 0 unspecified atom stereocenters. The molecule has 1 heterocycles. The van der Waals surface area contributed by atoms with Crippen LogP contribution >= 0.6 is 46.3 Å². The molecular formula is C20H23ClIN3OS. The van der Waals surface area contributed by atoms with Crippen molar-refractivity contribution in [1.29, 1.82) is 0 Å². The van der Waals surface area contributed by atoms with E-state index in [1.807, 2.05) is 49.3 Å². The second-order valence-corrected chi connectivity index (χ2v) is 8.73. The number of hydrogen-bond acceptors (Lipinski definition) is 4. The summed E-state index contributed by atoms with van der Waals surface area (Å²) in [5.74, 6) is 0.0181. The Morgan fingerprint density at radius 2 is 1.89 bits per heavy atom. The van der Waals surface area contributed by atoms with Gasteiger partial charge in [-0.25, -0.2) is 4.98 Å². The number of benzene rings is 2. The summed E-state index contributed by atoms with van der Waals surface area (Å²) in [6, 6.07) is 13.9. The number of nitrogens with zero attached hydrogens (tertiary/aromatic N) is 3. The summed E-state index contributed by atoms with van der Waals surface area (Å²) in [7, 11) is 4.10. The summed E-state index contributed by atoms with van der Waals surface area (Å²) in [5.41, 5.74) is 2.88. The number of thiazole rings is 1. The second-order valence-electron chi connectivity index (χ2n) is 6.56. The molecule has 3 aromatic rings. The molecule has 1 amide bonds. The van der Waals surface area contributed by atoms with Crippen LogP contribution in [-0.2, 0) is 0 Å². The van der Waals surface area contributed by atoms with Crippen LogP contribution in [0.3, 0.4) is 0 Å². The van der Waals surface area contributed by atoms with E-state index < -0.39 is 0 Å². The van der Waals surface area contributed by atoms with Crippen LogP contribution in [0.4, 0.5) is 5.13 Å². The largest absolute Gasteiger partial charge is 0.309 e. The number of rotatable bonds is 6. The van der Waals surface area contributed by atoms with Crippen molar-refractivity contribution in [2.45, 2.75) is 13.3 Å². The van der Waals surface area contributed by atoms with E-state index in [9.17, 15) is 4.79 Å². The zero-order valence-corrected chi connectivity index (χ0v) is 19.4. The molecule has 0 aliphatic rings. The van der Waals surface area contributed by atoms with Crippen molar-refractivity contribution in [3.8, 4) is 0 Å². The van der Waals surface area contributed by atoms with E-state index in [0.717, 1.165) is 37.4 Å². The van der Waals surface area contributed by atoms with Gasteiger partial charge in [0.1, 0.15) is 0 Å². The van der Waals surface area contributed by atoms with Crippen LogP contribution in [0.25, 0.3) is 10.2 Å². The van der Waals surface area contributed by atoms with E-state index in [2.05, 4.69) is 46.5 Å². The van der Waals surface area contributed by atoms with Crippen molar-refractivity contribution < 1.29 is 4.79 Å². The average Bonchev–Trinajstić information content (AvgIpc) is 3.01. The van der Waals surface area contributed by atoms with Gasteiger partial charge in [-0.3, -0.25) is 9.69 Å². The van der Waals surface area contributed by atoms with Gasteiger partial charge < -0.3 is 4.90 Å². The number of aryl methyl sites for hydroxylation is 1. The molecule has 3 rings (SSSR count). The third-order valence-electron chi connectivity index (χ3n) is 4.10. The second kappa shape index (κ2) is 9.82. The molecule has 0 saturated carbocycles. The third kappa shape index (κ3) is 5.40. The molecule has 0 atom stereocenters. The maximum absolute atomic E-state index is 13.3. The Labute approximate surface area is 184 Å². The zero-order valence-electron chi connectivity index (χ0n) is 15.6. The summed E-state index contributed by atoms with van der Waals surface area (Å²) < 4.78 is 2.08. The number of carbonyl (C=O) groups excluding carboxylic acids is 1. The summed E-state index contributed by atoms with van der Waals surface area (Å²) in [6.45, 7) is 3.66. The summed E-state index contributed by atoms with van der Waals surface area (Å²) in [4.78, 5) is 22.0. The SMILES string of the molecule is Cc1ccc2nc(N(CCCN(C)C)C(=O)c3ccccc3I)sc2c1.Cl. The van der Waals surface area contributed by atoms with Gasteiger partial charge in [-0.15, -0.1) is 12.4 Å². The highest BCUT2D eigenvalue weighted by Crippen LogP contribution is 2.31. The first kappa shape index (κ1) is 22.1. The van der Waals surface area contributed by atoms with Crippen LogP contribution in [0.15, 0.2) is 42.5 Å². The Morgan fingerprint density at radius 3 is 2.59 bits per heavy atom. The normalized spacial score (nSPS) is 10.9. The fourth-order valence-corrected chi connectivity index (χ4v) is 4.45. The highest BCUT2D eigenvalue weighted by atomic mass is 127. The quantitative estimate of drug-likeness (QED) is 0.422. The van der Waals surface area contributed by atoms with Gasteiger partial charge in [0, 0.05) is 10.1 Å². The molecule has 4 nitrogen and oxygen atoms in total. The molecule has 27 heavy (non-hydrogen) atoms. The van der Waals surface area contributed by atoms with E-state index in [-0.39, 0.29) is 18.3 Å². The third-order valence-corrected chi connectivity index (χ3v) is 6.08. The predicted molar refractivity (Wildman–Crippen MR) is 126 cm³/mol. The van der Waals surface area contributed by atoms with Crippen LogP contribution in [0.1, 0.15) is 22.3 Å². The molecule has 7 heteroatoms.